The topological polar surface area (TPSA) is 34.1 Å². The lowest BCUT2D eigenvalue weighted by atomic mass is 9.51. The van der Waals surface area contributed by atoms with Crippen molar-refractivity contribution in [1.82, 2.24) is 0 Å². The van der Waals surface area contributed by atoms with Crippen molar-refractivity contribution >= 4 is 11.6 Å². The highest BCUT2D eigenvalue weighted by atomic mass is 16.1. The molecule has 3 rings (SSSR count). The highest BCUT2D eigenvalue weighted by molar-refractivity contribution is 5.87. The molecule has 0 N–H and O–H groups in total. The Balaban J connectivity index is 2.17. The molecule has 0 aromatic carbocycles. The van der Waals surface area contributed by atoms with Crippen LogP contribution < -0.4 is 0 Å². The van der Waals surface area contributed by atoms with Gasteiger partial charge in [-0.25, -0.2) is 0 Å². The van der Waals surface area contributed by atoms with Crippen molar-refractivity contribution < 1.29 is 9.59 Å². The fourth-order valence-corrected chi connectivity index (χ4v) is 3.51. The molecule has 3 saturated carbocycles. The first-order valence-electron chi connectivity index (χ1n) is 6.09. The summed E-state index contributed by atoms with van der Waals surface area (Å²) in [7, 11) is 0. The molecule has 3 aliphatic rings. The van der Waals surface area contributed by atoms with Gasteiger partial charge in [0, 0.05) is 17.3 Å². The zero-order valence-electron chi connectivity index (χ0n) is 9.77. The zero-order chi connectivity index (χ0) is 11.1. The van der Waals surface area contributed by atoms with E-state index < -0.39 is 0 Å². The lowest BCUT2D eigenvalue weighted by Gasteiger charge is -2.51. The van der Waals surface area contributed by atoms with Gasteiger partial charge in [-0.2, -0.15) is 0 Å². The Morgan fingerprint density at radius 3 is 1.67 bits per heavy atom. The van der Waals surface area contributed by atoms with Crippen LogP contribution in [0.4, 0.5) is 0 Å². The highest BCUT2D eigenvalue weighted by Crippen LogP contribution is 2.57. The number of hydrogen-bond donors (Lipinski definition) is 0. The molecule has 3 fully saturated rings. The molecule has 3 aliphatic carbocycles. The standard InChI is InChI=1S/C13H20O2/c1-3-11(15)13-7-4-12(5-8-13,6-9-13)10(2)14/h3-9H2,1-2H3. The molecule has 0 heterocycles. The van der Waals surface area contributed by atoms with E-state index in [9.17, 15) is 9.59 Å². The predicted molar refractivity (Wildman–Crippen MR) is 58.5 cm³/mol. The Bertz CT molecular complexity index is 279. The van der Waals surface area contributed by atoms with Gasteiger partial charge in [-0.15, -0.1) is 0 Å². The summed E-state index contributed by atoms with van der Waals surface area (Å²) in [6.07, 6.45) is 6.39. The predicted octanol–water partition coefficient (Wildman–Crippen LogP) is 2.90. The molecule has 0 aliphatic heterocycles. The summed E-state index contributed by atoms with van der Waals surface area (Å²) in [5.41, 5.74) is -0.0816. The number of hydrogen-bond acceptors (Lipinski definition) is 2. The Morgan fingerprint density at radius 1 is 0.933 bits per heavy atom. The van der Waals surface area contributed by atoms with Gasteiger partial charge in [0.15, 0.2) is 0 Å². The minimum absolute atomic E-state index is 0.0358. The van der Waals surface area contributed by atoms with E-state index >= 15 is 0 Å². The van der Waals surface area contributed by atoms with Gasteiger partial charge in [0.1, 0.15) is 11.6 Å². The minimum Gasteiger partial charge on any atom is -0.299 e. The van der Waals surface area contributed by atoms with E-state index in [2.05, 4.69) is 0 Å². The second kappa shape index (κ2) is 3.43. The minimum atomic E-state index is -0.0459. The van der Waals surface area contributed by atoms with Crippen molar-refractivity contribution in [3.8, 4) is 0 Å². The van der Waals surface area contributed by atoms with E-state index in [-0.39, 0.29) is 10.8 Å². The van der Waals surface area contributed by atoms with Crippen LogP contribution in [-0.4, -0.2) is 11.6 Å². The molecule has 0 spiro atoms. The van der Waals surface area contributed by atoms with Gasteiger partial charge in [0.2, 0.25) is 0 Å². The van der Waals surface area contributed by atoms with E-state index in [0.717, 1.165) is 38.5 Å². The van der Waals surface area contributed by atoms with E-state index in [1.54, 1.807) is 6.92 Å². The average Bonchev–Trinajstić information content (AvgIpc) is 2.30. The molecule has 2 heteroatoms. The molecule has 0 atom stereocenters. The van der Waals surface area contributed by atoms with Gasteiger partial charge in [-0.3, -0.25) is 9.59 Å². The summed E-state index contributed by atoms with van der Waals surface area (Å²) in [4.78, 5) is 23.6. The molecule has 0 amide bonds. The molecular formula is C13H20O2. The molecule has 0 aromatic rings. The van der Waals surface area contributed by atoms with Crippen LogP contribution in [0.25, 0.3) is 0 Å². The SMILES string of the molecule is CCC(=O)C12CCC(C(C)=O)(CC1)CC2. The van der Waals surface area contributed by atoms with Crippen molar-refractivity contribution in [2.45, 2.75) is 58.8 Å². The summed E-state index contributed by atoms with van der Waals surface area (Å²) >= 11 is 0. The average molecular weight is 208 g/mol. The molecule has 0 saturated heterocycles. The Hall–Kier alpha value is -0.660. The maximum absolute atomic E-state index is 11.9. The number of rotatable bonds is 3. The lowest BCUT2D eigenvalue weighted by molar-refractivity contribution is -0.146. The van der Waals surface area contributed by atoms with E-state index in [4.69, 9.17) is 0 Å². The van der Waals surface area contributed by atoms with Crippen LogP contribution in [0.5, 0.6) is 0 Å². The van der Waals surface area contributed by atoms with Gasteiger partial charge in [-0.05, 0) is 45.4 Å². The first kappa shape index (κ1) is 10.8. The summed E-state index contributed by atoms with van der Waals surface area (Å²) < 4.78 is 0. The van der Waals surface area contributed by atoms with Gasteiger partial charge in [-0.1, -0.05) is 6.92 Å². The normalized spacial score (nSPS) is 39.1. The summed E-state index contributed by atoms with van der Waals surface area (Å²) in [5, 5.41) is 0. The maximum atomic E-state index is 11.9. The maximum Gasteiger partial charge on any atom is 0.138 e. The Morgan fingerprint density at radius 2 is 1.33 bits per heavy atom. The van der Waals surface area contributed by atoms with E-state index in [1.165, 1.54) is 0 Å². The molecule has 15 heavy (non-hydrogen) atoms. The summed E-state index contributed by atoms with van der Waals surface area (Å²) in [6, 6.07) is 0. The second-order valence-electron chi connectivity index (χ2n) is 5.39. The highest BCUT2D eigenvalue weighted by Gasteiger charge is 2.53. The van der Waals surface area contributed by atoms with Gasteiger partial charge in [0.25, 0.3) is 0 Å². The van der Waals surface area contributed by atoms with Gasteiger partial charge >= 0.3 is 0 Å². The third-order valence-corrected chi connectivity index (χ3v) is 4.91. The van der Waals surface area contributed by atoms with E-state index in [0.29, 0.717) is 18.0 Å². The molecule has 2 bridgehead atoms. The number of carbonyl (C=O) groups excluding carboxylic acids is 2. The van der Waals surface area contributed by atoms with Crippen molar-refractivity contribution in [3.63, 3.8) is 0 Å². The summed E-state index contributed by atoms with van der Waals surface area (Å²) in [5.74, 6) is 0.777. The van der Waals surface area contributed by atoms with Crippen molar-refractivity contribution in [2.24, 2.45) is 10.8 Å². The third-order valence-electron chi connectivity index (χ3n) is 4.91. The zero-order valence-corrected chi connectivity index (χ0v) is 9.77. The molecule has 0 unspecified atom stereocenters. The van der Waals surface area contributed by atoms with Crippen LogP contribution in [0.3, 0.4) is 0 Å². The van der Waals surface area contributed by atoms with E-state index in [1.807, 2.05) is 6.92 Å². The van der Waals surface area contributed by atoms with Crippen molar-refractivity contribution in [1.29, 1.82) is 0 Å². The van der Waals surface area contributed by atoms with Gasteiger partial charge in [0.05, 0.1) is 0 Å². The van der Waals surface area contributed by atoms with Crippen molar-refractivity contribution in [2.75, 3.05) is 0 Å². The van der Waals surface area contributed by atoms with Crippen LogP contribution in [-0.2, 0) is 9.59 Å². The Labute approximate surface area is 91.4 Å². The molecule has 84 valence electrons. The monoisotopic (exact) mass is 208 g/mol. The molecule has 0 aromatic heterocycles. The third kappa shape index (κ3) is 1.45. The van der Waals surface area contributed by atoms with Crippen LogP contribution in [0.1, 0.15) is 58.8 Å². The fourth-order valence-electron chi connectivity index (χ4n) is 3.51. The molecular weight excluding hydrogens is 188 g/mol. The van der Waals surface area contributed by atoms with Gasteiger partial charge < -0.3 is 0 Å². The van der Waals surface area contributed by atoms with Crippen LogP contribution in [0.15, 0.2) is 0 Å². The largest absolute Gasteiger partial charge is 0.299 e. The second-order valence-corrected chi connectivity index (χ2v) is 5.39. The molecule has 2 nitrogen and oxygen atoms in total. The van der Waals surface area contributed by atoms with Crippen LogP contribution >= 0.6 is 0 Å². The quantitative estimate of drug-likeness (QED) is 0.714. The summed E-state index contributed by atoms with van der Waals surface area (Å²) in [6.45, 7) is 3.68. The first-order chi connectivity index (χ1) is 7.05. The fraction of sp³-hybridized carbons (Fsp3) is 0.846. The molecule has 0 radical (unpaired) electrons. The first-order valence-corrected chi connectivity index (χ1v) is 6.09. The number of carbonyl (C=O) groups is 2. The number of Topliss-reactive ketones (excluding diaryl/α,β-unsaturated/α-hetero) is 2. The van der Waals surface area contributed by atoms with Crippen molar-refractivity contribution in [3.05, 3.63) is 0 Å². The lowest BCUT2D eigenvalue weighted by Crippen LogP contribution is -2.48. The van der Waals surface area contributed by atoms with Crippen LogP contribution in [0.2, 0.25) is 0 Å². The Kier molecular flexibility index (Phi) is 2.48. The number of ketones is 2. The smallest absolute Gasteiger partial charge is 0.138 e. The number of fused-ring (bicyclic) bond motifs is 3. The van der Waals surface area contributed by atoms with Crippen LogP contribution in [0, 0.1) is 10.8 Å².